The van der Waals surface area contributed by atoms with E-state index in [4.69, 9.17) is 4.74 Å². The number of nitrogens with zero attached hydrogens (tertiary/aromatic N) is 3. The summed E-state index contributed by atoms with van der Waals surface area (Å²) in [5, 5.41) is 10.8. The number of thioether (sulfide) groups is 1. The van der Waals surface area contributed by atoms with Crippen molar-refractivity contribution in [1.82, 2.24) is 9.47 Å². The van der Waals surface area contributed by atoms with Crippen molar-refractivity contribution in [3.8, 4) is 5.69 Å². The van der Waals surface area contributed by atoms with Gasteiger partial charge in [-0.25, -0.2) is 4.79 Å². The second-order valence-electron chi connectivity index (χ2n) is 7.37. The van der Waals surface area contributed by atoms with Gasteiger partial charge in [0.1, 0.15) is 6.04 Å². The average molecular weight is 458 g/mol. The molecule has 0 saturated carbocycles. The minimum atomic E-state index is -1.02. The molecule has 3 rings (SSSR count). The third-order valence-electron chi connectivity index (χ3n) is 5.24. The SMILES string of the molecule is CCOC(=O)[C@@H](C)N1C(=O)S/C(=C/c2cc(C)n(-c3ccc(C)c([N+](=O)[O-])c3)c2C)C1=O. The summed E-state index contributed by atoms with van der Waals surface area (Å²) < 4.78 is 6.77. The van der Waals surface area contributed by atoms with Crippen molar-refractivity contribution in [2.45, 2.75) is 40.7 Å². The molecule has 1 fully saturated rings. The lowest BCUT2D eigenvalue weighted by atomic mass is 10.1. The van der Waals surface area contributed by atoms with Gasteiger partial charge in [0.2, 0.25) is 0 Å². The summed E-state index contributed by atoms with van der Waals surface area (Å²) in [7, 11) is 0. The first-order chi connectivity index (χ1) is 15.1. The molecule has 0 aliphatic carbocycles. The van der Waals surface area contributed by atoms with E-state index in [1.54, 1.807) is 32.1 Å². The fourth-order valence-electron chi connectivity index (χ4n) is 3.59. The number of aryl methyl sites for hydroxylation is 2. The lowest BCUT2D eigenvalue weighted by molar-refractivity contribution is -0.385. The fourth-order valence-corrected chi connectivity index (χ4v) is 4.49. The van der Waals surface area contributed by atoms with Crippen LogP contribution in [-0.4, -0.2) is 44.2 Å². The molecule has 2 amide bonds. The molecule has 1 aliphatic heterocycles. The minimum Gasteiger partial charge on any atom is -0.464 e. The molecule has 0 unspecified atom stereocenters. The number of amides is 2. The van der Waals surface area contributed by atoms with Crippen LogP contribution in [0.4, 0.5) is 10.5 Å². The molecular weight excluding hydrogens is 434 g/mol. The van der Waals surface area contributed by atoms with Crippen molar-refractivity contribution in [2.24, 2.45) is 0 Å². The molecule has 0 radical (unpaired) electrons. The third kappa shape index (κ3) is 4.18. The standard InChI is InChI=1S/C22H23N3O6S/c1-6-31-21(27)15(5)24-20(26)19(32-22(24)28)10-16-9-13(3)23(14(16)4)17-8-7-12(2)18(11-17)25(29)30/h7-11,15H,6H2,1-5H3/b19-10+/t15-/m1/s1. The third-order valence-corrected chi connectivity index (χ3v) is 6.13. The average Bonchev–Trinajstić information content (AvgIpc) is 3.16. The van der Waals surface area contributed by atoms with E-state index in [9.17, 15) is 24.5 Å². The molecule has 1 aromatic heterocycles. The van der Waals surface area contributed by atoms with Crippen LogP contribution in [0, 0.1) is 30.9 Å². The molecule has 1 saturated heterocycles. The summed E-state index contributed by atoms with van der Waals surface area (Å²) in [5.41, 5.74) is 3.47. The number of carbonyl (C=O) groups excluding carboxylic acids is 3. The lowest BCUT2D eigenvalue weighted by Gasteiger charge is -2.19. The highest BCUT2D eigenvalue weighted by Gasteiger charge is 2.41. The van der Waals surface area contributed by atoms with Crippen LogP contribution < -0.4 is 0 Å². The van der Waals surface area contributed by atoms with Gasteiger partial charge in [0.15, 0.2) is 0 Å². The Morgan fingerprint density at radius 2 is 1.94 bits per heavy atom. The van der Waals surface area contributed by atoms with Crippen LogP contribution in [-0.2, 0) is 14.3 Å². The number of carbonyl (C=O) groups is 3. The van der Waals surface area contributed by atoms with Crippen LogP contribution in [0.5, 0.6) is 0 Å². The highest BCUT2D eigenvalue weighted by atomic mass is 32.2. The van der Waals surface area contributed by atoms with Crippen molar-refractivity contribution in [3.63, 3.8) is 0 Å². The molecule has 2 heterocycles. The van der Waals surface area contributed by atoms with E-state index in [-0.39, 0.29) is 17.2 Å². The fraction of sp³-hybridized carbons (Fsp3) is 0.318. The Bertz CT molecular complexity index is 1170. The molecule has 32 heavy (non-hydrogen) atoms. The van der Waals surface area contributed by atoms with Crippen LogP contribution >= 0.6 is 11.8 Å². The molecule has 10 heteroatoms. The van der Waals surface area contributed by atoms with E-state index >= 15 is 0 Å². The highest BCUT2D eigenvalue weighted by Crippen LogP contribution is 2.35. The lowest BCUT2D eigenvalue weighted by Crippen LogP contribution is -2.42. The zero-order valence-corrected chi connectivity index (χ0v) is 19.2. The predicted molar refractivity (Wildman–Crippen MR) is 121 cm³/mol. The van der Waals surface area contributed by atoms with Crippen molar-refractivity contribution >= 4 is 40.6 Å². The number of hydrogen-bond acceptors (Lipinski definition) is 7. The van der Waals surface area contributed by atoms with Crippen LogP contribution in [0.3, 0.4) is 0 Å². The van der Waals surface area contributed by atoms with Gasteiger partial charge in [-0.05, 0) is 70.2 Å². The number of hydrogen-bond donors (Lipinski definition) is 0. The summed E-state index contributed by atoms with van der Waals surface area (Å²) in [4.78, 5) is 49.2. The number of nitro benzene ring substituents is 1. The van der Waals surface area contributed by atoms with E-state index in [0.29, 0.717) is 16.8 Å². The Kier molecular flexibility index (Phi) is 6.54. The topological polar surface area (TPSA) is 112 Å². The Morgan fingerprint density at radius 1 is 1.25 bits per heavy atom. The monoisotopic (exact) mass is 457 g/mol. The molecule has 2 aromatic rings. The Balaban J connectivity index is 1.97. The van der Waals surface area contributed by atoms with Gasteiger partial charge in [-0.15, -0.1) is 0 Å². The maximum atomic E-state index is 12.8. The van der Waals surface area contributed by atoms with Crippen molar-refractivity contribution < 1.29 is 24.0 Å². The van der Waals surface area contributed by atoms with Gasteiger partial charge in [-0.3, -0.25) is 24.6 Å². The molecule has 9 nitrogen and oxygen atoms in total. The van der Waals surface area contributed by atoms with E-state index < -0.39 is 28.1 Å². The molecule has 0 bridgehead atoms. The molecule has 168 valence electrons. The second-order valence-corrected chi connectivity index (χ2v) is 8.36. The van der Waals surface area contributed by atoms with Gasteiger partial charge in [0.05, 0.1) is 22.1 Å². The molecule has 0 N–H and O–H groups in total. The van der Waals surface area contributed by atoms with Crippen molar-refractivity contribution in [1.29, 1.82) is 0 Å². The minimum absolute atomic E-state index is 0.0191. The summed E-state index contributed by atoms with van der Waals surface area (Å²) in [6.45, 7) is 8.61. The van der Waals surface area contributed by atoms with Gasteiger partial charge < -0.3 is 9.30 Å². The molecule has 1 atom stereocenters. The van der Waals surface area contributed by atoms with Gasteiger partial charge in [0, 0.05) is 23.0 Å². The first-order valence-corrected chi connectivity index (χ1v) is 10.8. The number of aromatic nitrogens is 1. The van der Waals surface area contributed by atoms with Crippen LogP contribution in [0.1, 0.15) is 36.4 Å². The van der Waals surface area contributed by atoms with Gasteiger partial charge in [0.25, 0.3) is 16.8 Å². The number of benzene rings is 1. The van der Waals surface area contributed by atoms with E-state index in [2.05, 4.69) is 0 Å². The number of ether oxygens (including phenoxy) is 1. The van der Waals surface area contributed by atoms with Gasteiger partial charge in [-0.2, -0.15) is 0 Å². The van der Waals surface area contributed by atoms with Crippen LogP contribution in [0.15, 0.2) is 29.2 Å². The highest BCUT2D eigenvalue weighted by molar-refractivity contribution is 8.18. The zero-order chi connectivity index (χ0) is 23.7. The molecule has 0 spiro atoms. The largest absolute Gasteiger partial charge is 0.464 e. The second kappa shape index (κ2) is 8.99. The summed E-state index contributed by atoms with van der Waals surface area (Å²) in [6, 6.07) is 5.81. The van der Waals surface area contributed by atoms with E-state index in [1.165, 1.54) is 13.0 Å². The molecular formula is C22H23N3O6S. The predicted octanol–water partition coefficient (Wildman–Crippen LogP) is 4.30. The van der Waals surface area contributed by atoms with Crippen molar-refractivity contribution in [3.05, 3.63) is 61.8 Å². The van der Waals surface area contributed by atoms with Gasteiger partial charge in [-0.1, -0.05) is 6.07 Å². The van der Waals surface area contributed by atoms with E-state index in [1.807, 2.05) is 24.5 Å². The Morgan fingerprint density at radius 3 is 2.56 bits per heavy atom. The number of nitro groups is 1. The first-order valence-electron chi connectivity index (χ1n) is 9.94. The summed E-state index contributed by atoms with van der Waals surface area (Å²) in [5.74, 6) is -1.20. The van der Waals surface area contributed by atoms with Crippen LogP contribution in [0.2, 0.25) is 0 Å². The smallest absolute Gasteiger partial charge is 0.329 e. The quantitative estimate of drug-likeness (QED) is 0.275. The maximum Gasteiger partial charge on any atom is 0.329 e. The number of rotatable bonds is 6. The molecule has 1 aliphatic rings. The number of imide groups is 1. The summed E-state index contributed by atoms with van der Waals surface area (Å²) in [6.07, 6.45) is 1.60. The Hall–Kier alpha value is -3.40. The van der Waals surface area contributed by atoms with Crippen LogP contribution in [0.25, 0.3) is 11.8 Å². The summed E-state index contributed by atoms with van der Waals surface area (Å²) >= 11 is 0.761. The normalized spacial score (nSPS) is 16.0. The first kappa shape index (κ1) is 23.3. The Labute approximate surface area is 189 Å². The molecule has 1 aromatic carbocycles. The zero-order valence-electron chi connectivity index (χ0n) is 18.4. The van der Waals surface area contributed by atoms with Crippen molar-refractivity contribution in [2.75, 3.05) is 6.61 Å². The number of esters is 1. The van der Waals surface area contributed by atoms with Gasteiger partial charge >= 0.3 is 5.97 Å². The maximum absolute atomic E-state index is 12.8. The van der Waals surface area contributed by atoms with E-state index in [0.717, 1.165) is 28.0 Å².